The second-order valence-corrected chi connectivity index (χ2v) is 13.0. The molecule has 7 nitrogen and oxygen atoms in total. The fourth-order valence-corrected chi connectivity index (χ4v) is 6.38. The number of hydrogen-bond donors (Lipinski definition) is 0. The first kappa shape index (κ1) is 29.6. The fourth-order valence-electron chi connectivity index (χ4n) is 1.39. The van der Waals surface area contributed by atoms with Gasteiger partial charge in [0.25, 0.3) is 0 Å². The molecule has 29 heavy (non-hydrogen) atoms. The summed E-state index contributed by atoms with van der Waals surface area (Å²) in [5, 5.41) is 0.404. The first-order valence-electron chi connectivity index (χ1n) is 7.99. The second kappa shape index (κ2) is 15.4. The normalized spacial score (nSPS) is 13.0. The Morgan fingerprint density at radius 3 is 2.28 bits per heavy atom. The van der Waals surface area contributed by atoms with Crippen LogP contribution in [0.4, 0.5) is 0 Å². The minimum absolute atomic E-state index is 0.167. The molecule has 0 aliphatic rings. The van der Waals surface area contributed by atoms with Gasteiger partial charge < -0.3 is 9.05 Å². The average molecular weight is 595 g/mol. The molecule has 0 heterocycles. The molecular formula is C15H22BrCl3O7P2S. The molecule has 0 aliphatic carbocycles. The Bertz CT molecular complexity index is 743. The van der Waals surface area contributed by atoms with Crippen LogP contribution >= 0.6 is 76.7 Å². The SMILES string of the molecule is CCCSP(=O)(OCC)Oc1ccc(Br)cc1Cl.COP(=O)(OC)OC=C(Cl)Cl. The zero-order valence-corrected chi connectivity index (χ0v) is 22.6. The lowest BCUT2D eigenvalue weighted by atomic mass is 10.3. The number of hydrogen-bond acceptors (Lipinski definition) is 8. The summed E-state index contributed by atoms with van der Waals surface area (Å²) in [6, 6.07) is 5.14. The van der Waals surface area contributed by atoms with Gasteiger partial charge in [0.2, 0.25) is 0 Å². The number of rotatable bonds is 11. The third kappa shape index (κ3) is 12.9. The second-order valence-electron chi connectivity index (χ2n) is 4.69. The summed E-state index contributed by atoms with van der Waals surface area (Å²) in [6.45, 7) is 0.946. The van der Waals surface area contributed by atoms with Crippen LogP contribution in [0.1, 0.15) is 20.3 Å². The van der Waals surface area contributed by atoms with Crippen LogP contribution in [-0.2, 0) is 27.2 Å². The molecule has 14 heteroatoms. The summed E-state index contributed by atoms with van der Waals surface area (Å²) in [4.78, 5) is 0. The van der Waals surface area contributed by atoms with Gasteiger partial charge in [0, 0.05) is 24.4 Å². The number of phosphoric acid groups is 1. The maximum absolute atomic E-state index is 12.4. The lowest BCUT2D eigenvalue weighted by Crippen LogP contribution is -1.96. The number of phosphoric ester groups is 1. The molecule has 1 rings (SSSR count). The molecule has 1 atom stereocenters. The van der Waals surface area contributed by atoms with Crippen molar-refractivity contribution in [3.05, 3.63) is 38.4 Å². The highest BCUT2D eigenvalue weighted by Crippen LogP contribution is 2.60. The van der Waals surface area contributed by atoms with Crippen LogP contribution in [0.25, 0.3) is 0 Å². The van der Waals surface area contributed by atoms with Crippen LogP contribution in [0.15, 0.2) is 33.4 Å². The van der Waals surface area contributed by atoms with Gasteiger partial charge in [-0.05, 0) is 42.9 Å². The van der Waals surface area contributed by atoms with Crippen molar-refractivity contribution in [1.82, 2.24) is 0 Å². The Hall–Kier alpha value is 0.600. The van der Waals surface area contributed by atoms with Gasteiger partial charge in [0.1, 0.15) is 16.5 Å². The molecule has 0 saturated heterocycles. The first-order chi connectivity index (χ1) is 13.5. The molecule has 0 fully saturated rings. The van der Waals surface area contributed by atoms with Crippen LogP contribution < -0.4 is 4.52 Å². The molecule has 0 amide bonds. The highest BCUT2D eigenvalue weighted by Gasteiger charge is 2.27. The van der Waals surface area contributed by atoms with Gasteiger partial charge in [-0.1, -0.05) is 57.7 Å². The monoisotopic (exact) mass is 592 g/mol. The van der Waals surface area contributed by atoms with Crippen molar-refractivity contribution in [2.75, 3.05) is 26.6 Å². The summed E-state index contributed by atoms with van der Waals surface area (Å²) in [5.41, 5.74) is 0. The summed E-state index contributed by atoms with van der Waals surface area (Å²) < 4.78 is 48.1. The number of halogens is 4. The van der Waals surface area contributed by atoms with Crippen molar-refractivity contribution < 1.29 is 31.7 Å². The van der Waals surface area contributed by atoms with Crippen LogP contribution in [0.2, 0.25) is 5.02 Å². The maximum atomic E-state index is 12.4. The molecule has 1 aromatic carbocycles. The predicted octanol–water partition coefficient (Wildman–Crippen LogP) is 8.45. The lowest BCUT2D eigenvalue weighted by Gasteiger charge is -2.18. The van der Waals surface area contributed by atoms with E-state index in [1.54, 1.807) is 25.1 Å². The molecular weight excluding hydrogens is 572 g/mol. The Kier molecular flexibility index (Phi) is 15.7. The van der Waals surface area contributed by atoms with E-state index in [1.807, 2.05) is 6.92 Å². The molecule has 0 spiro atoms. The summed E-state index contributed by atoms with van der Waals surface area (Å²) >= 11 is 20.9. The zero-order valence-electron chi connectivity index (χ0n) is 16.1. The summed E-state index contributed by atoms with van der Waals surface area (Å²) in [6.07, 6.45) is 1.77. The summed E-state index contributed by atoms with van der Waals surface area (Å²) in [5.74, 6) is 1.09. The van der Waals surface area contributed by atoms with E-state index in [0.717, 1.165) is 17.2 Å². The van der Waals surface area contributed by atoms with Crippen molar-refractivity contribution in [3.63, 3.8) is 0 Å². The quantitative estimate of drug-likeness (QED) is 0.187. The Labute approximate surface area is 198 Å². The molecule has 0 N–H and O–H groups in total. The minimum atomic E-state index is -3.48. The molecule has 0 bridgehead atoms. The van der Waals surface area contributed by atoms with Gasteiger partial charge in [0.05, 0.1) is 11.6 Å². The smallest absolute Gasteiger partial charge is 0.415 e. The molecule has 0 aliphatic heterocycles. The predicted molar refractivity (Wildman–Crippen MR) is 124 cm³/mol. The highest BCUT2D eigenvalue weighted by molar-refractivity contribution is 9.10. The van der Waals surface area contributed by atoms with Crippen molar-refractivity contribution in [1.29, 1.82) is 0 Å². The van der Waals surface area contributed by atoms with Crippen molar-refractivity contribution >= 4 is 76.7 Å². The zero-order chi connectivity index (χ0) is 22.5. The molecule has 0 radical (unpaired) electrons. The van der Waals surface area contributed by atoms with E-state index in [-0.39, 0.29) is 4.49 Å². The van der Waals surface area contributed by atoms with Crippen LogP contribution in [0.3, 0.4) is 0 Å². The molecule has 0 saturated carbocycles. The van der Waals surface area contributed by atoms with Gasteiger partial charge in [-0.15, -0.1) is 0 Å². The topological polar surface area (TPSA) is 80.3 Å². The summed E-state index contributed by atoms with van der Waals surface area (Å²) in [7, 11) is -1.12. The van der Waals surface area contributed by atoms with E-state index < -0.39 is 14.6 Å². The van der Waals surface area contributed by atoms with Crippen molar-refractivity contribution in [3.8, 4) is 5.75 Å². The lowest BCUT2D eigenvalue weighted by molar-refractivity contribution is 0.194. The van der Waals surface area contributed by atoms with E-state index in [9.17, 15) is 9.13 Å². The van der Waals surface area contributed by atoms with E-state index >= 15 is 0 Å². The Morgan fingerprint density at radius 2 is 1.83 bits per heavy atom. The maximum Gasteiger partial charge on any atom is 0.529 e. The molecule has 0 aromatic heterocycles. The van der Waals surface area contributed by atoms with E-state index in [2.05, 4.69) is 29.5 Å². The van der Waals surface area contributed by atoms with Gasteiger partial charge in [-0.2, -0.15) is 0 Å². The standard InChI is InChI=1S/C11H15BrClO3PS.C4H7Cl2O4P/c1-3-7-18-17(14,15-4-2)16-11-6-5-9(12)8-10(11)13;1-8-11(7,9-2)10-3-4(5)6/h5-6,8H,3-4,7H2,1-2H3;3H,1-2H3. The van der Waals surface area contributed by atoms with Crippen LogP contribution in [0.5, 0.6) is 5.75 Å². The average Bonchev–Trinajstić information content (AvgIpc) is 2.67. The Balaban J connectivity index is 0.000000614. The van der Waals surface area contributed by atoms with Crippen LogP contribution in [0, 0.1) is 0 Å². The van der Waals surface area contributed by atoms with Gasteiger partial charge in [0.15, 0.2) is 0 Å². The fraction of sp³-hybridized carbons (Fsp3) is 0.467. The van der Waals surface area contributed by atoms with E-state index in [4.69, 9.17) is 43.9 Å². The first-order valence-corrected chi connectivity index (χ1v) is 14.5. The Morgan fingerprint density at radius 1 is 1.21 bits per heavy atom. The van der Waals surface area contributed by atoms with E-state index in [1.165, 1.54) is 25.6 Å². The minimum Gasteiger partial charge on any atom is -0.415 e. The largest absolute Gasteiger partial charge is 0.529 e. The highest BCUT2D eigenvalue weighted by atomic mass is 79.9. The van der Waals surface area contributed by atoms with Gasteiger partial charge in [-0.3, -0.25) is 13.6 Å². The van der Waals surface area contributed by atoms with Gasteiger partial charge in [-0.25, -0.2) is 9.13 Å². The van der Waals surface area contributed by atoms with Crippen molar-refractivity contribution in [2.24, 2.45) is 0 Å². The van der Waals surface area contributed by atoms with E-state index in [0.29, 0.717) is 23.1 Å². The third-order valence-electron chi connectivity index (χ3n) is 2.56. The molecule has 1 unspecified atom stereocenters. The molecule has 1 aromatic rings. The van der Waals surface area contributed by atoms with Gasteiger partial charge >= 0.3 is 14.6 Å². The molecule has 168 valence electrons. The van der Waals surface area contributed by atoms with Crippen molar-refractivity contribution in [2.45, 2.75) is 20.3 Å². The number of benzene rings is 1. The van der Waals surface area contributed by atoms with Crippen LogP contribution in [-0.4, -0.2) is 26.6 Å². The third-order valence-corrected chi connectivity index (χ3v) is 8.73.